The van der Waals surface area contributed by atoms with Crippen LogP contribution in [-0.4, -0.2) is 30.4 Å². The highest BCUT2D eigenvalue weighted by atomic mass is 32.2. The number of methoxy groups -OCH3 is 1. The second-order valence-electron chi connectivity index (χ2n) is 4.14. The Bertz CT molecular complexity index is 362. The van der Waals surface area contributed by atoms with Crippen LogP contribution in [0.3, 0.4) is 0 Å². The molecule has 0 aliphatic rings. The summed E-state index contributed by atoms with van der Waals surface area (Å²) in [5.41, 5.74) is 1.10. The van der Waals surface area contributed by atoms with E-state index in [4.69, 9.17) is 0 Å². The molecule has 0 saturated carbocycles. The lowest BCUT2D eigenvalue weighted by atomic mass is 10.2. The van der Waals surface area contributed by atoms with E-state index in [1.54, 1.807) is 11.9 Å². The van der Waals surface area contributed by atoms with Gasteiger partial charge in [-0.3, -0.25) is 0 Å². The van der Waals surface area contributed by atoms with Crippen molar-refractivity contribution < 1.29 is 9.53 Å². The zero-order valence-corrected chi connectivity index (χ0v) is 11.6. The number of thioether (sulfide) groups is 1. The molecule has 1 rings (SSSR count). The van der Waals surface area contributed by atoms with Crippen molar-refractivity contribution in [2.75, 3.05) is 14.2 Å². The maximum atomic E-state index is 11.2. The van der Waals surface area contributed by atoms with Gasteiger partial charge in [-0.1, -0.05) is 26.0 Å². The minimum atomic E-state index is -0.314. The SMILES string of the molecule is COC(=O)N(C)Cc1ccc(SC(C)C)cc1. The van der Waals surface area contributed by atoms with Crippen molar-refractivity contribution in [1.82, 2.24) is 4.90 Å². The highest BCUT2D eigenvalue weighted by Crippen LogP contribution is 2.23. The monoisotopic (exact) mass is 253 g/mol. The number of nitrogens with zero attached hydrogens (tertiary/aromatic N) is 1. The summed E-state index contributed by atoms with van der Waals surface area (Å²) < 4.78 is 4.64. The van der Waals surface area contributed by atoms with E-state index in [1.165, 1.54) is 12.0 Å². The zero-order chi connectivity index (χ0) is 12.8. The topological polar surface area (TPSA) is 29.5 Å². The third kappa shape index (κ3) is 4.69. The van der Waals surface area contributed by atoms with Crippen LogP contribution in [0.5, 0.6) is 0 Å². The quantitative estimate of drug-likeness (QED) is 0.770. The number of carbonyl (C=O) groups excluding carboxylic acids is 1. The summed E-state index contributed by atoms with van der Waals surface area (Å²) in [6.07, 6.45) is -0.314. The van der Waals surface area contributed by atoms with Crippen LogP contribution in [0.1, 0.15) is 19.4 Å². The summed E-state index contributed by atoms with van der Waals surface area (Å²) in [4.78, 5) is 14.0. The number of hydrogen-bond donors (Lipinski definition) is 0. The Morgan fingerprint density at radius 3 is 2.41 bits per heavy atom. The molecule has 0 bridgehead atoms. The average molecular weight is 253 g/mol. The lowest BCUT2D eigenvalue weighted by Gasteiger charge is -2.15. The predicted octanol–water partition coefficient (Wildman–Crippen LogP) is 3.39. The third-order valence-corrected chi connectivity index (χ3v) is 3.22. The van der Waals surface area contributed by atoms with Crippen molar-refractivity contribution in [2.24, 2.45) is 0 Å². The number of amides is 1. The highest BCUT2D eigenvalue weighted by molar-refractivity contribution is 7.99. The molecule has 94 valence electrons. The molecule has 0 atom stereocenters. The fourth-order valence-corrected chi connectivity index (χ4v) is 2.28. The third-order valence-electron chi connectivity index (χ3n) is 2.20. The van der Waals surface area contributed by atoms with Gasteiger partial charge >= 0.3 is 6.09 Å². The summed E-state index contributed by atoms with van der Waals surface area (Å²) in [7, 11) is 3.11. The lowest BCUT2D eigenvalue weighted by Crippen LogP contribution is -2.25. The first kappa shape index (κ1) is 13.9. The molecule has 1 aromatic carbocycles. The summed E-state index contributed by atoms with van der Waals surface area (Å²) in [5.74, 6) is 0. The fraction of sp³-hybridized carbons (Fsp3) is 0.462. The summed E-state index contributed by atoms with van der Waals surface area (Å²) in [5, 5.41) is 0.582. The minimum Gasteiger partial charge on any atom is -0.453 e. The first-order chi connectivity index (χ1) is 8.02. The van der Waals surface area contributed by atoms with Crippen molar-refractivity contribution in [3.8, 4) is 0 Å². The Kier molecular flexibility index (Phi) is 5.35. The van der Waals surface area contributed by atoms with E-state index in [0.717, 1.165) is 5.56 Å². The van der Waals surface area contributed by atoms with E-state index in [0.29, 0.717) is 11.8 Å². The van der Waals surface area contributed by atoms with Gasteiger partial charge in [-0.05, 0) is 17.7 Å². The summed E-state index contributed by atoms with van der Waals surface area (Å²) >= 11 is 1.83. The first-order valence-electron chi connectivity index (χ1n) is 5.57. The van der Waals surface area contributed by atoms with Gasteiger partial charge < -0.3 is 9.64 Å². The molecule has 0 radical (unpaired) electrons. The molecule has 0 unspecified atom stereocenters. The molecular formula is C13H19NO2S. The van der Waals surface area contributed by atoms with Crippen molar-refractivity contribution >= 4 is 17.9 Å². The molecule has 0 N–H and O–H groups in total. The number of hydrogen-bond acceptors (Lipinski definition) is 3. The van der Waals surface area contributed by atoms with Crippen molar-refractivity contribution in [3.63, 3.8) is 0 Å². The molecule has 4 heteroatoms. The van der Waals surface area contributed by atoms with Crippen LogP contribution in [0.25, 0.3) is 0 Å². The standard InChI is InChI=1S/C13H19NO2S/c1-10(2)17-12-7-5-11(6-8-12)9-14(3)13(15)16-4/h5-8,10H,9H2,1-4H3. The molecule has 0 spiro atoms. The Hall–Kier alpha value is -1.16. The first-order valence-corrected chi connectivity index (χ1v) is 6.45. The summed E-state index contributed by atoms with van der Waals surface area (Å²) in [6.45, 7) is 4.91. The molecule has 0 aromatic heterocycles. The minimum absolute atomic E-state index is 0.314. The Labute approximate surface area is 107 Å². The maximum Gasteiger partial charge on any atom is 0.409 e. The Morgan fingerprint density at radius 2 is 1.94 bits per heavy atom. The van der Waals surface area contributed by atoms with Gasteiger partial charge in [0, 0.05) is 23.7 Å². The van der Waals surface area contributed by atoms with Gasteiger partial charge in [0.15, 0.2) is 0 Å². The van der Waals surface area contributed by atoms with E-state index in [1.807, 2.05) is 23.9 Å². The van der Waals surface area contributed by atoms with Gasteiger partial charge in [-0.25, -0.2) is 4.79 Å². The molecule has 0 aliphatic carbocycles. The number of rotatable bonds is 4. The van der Waals surface area contributed by atoms with E-state index >= 15 is 0 Å². The maximum absolute atomic E-state index is 11.2. The van der Waals surface area contributed by atoms with Crippen LogP contribution in [0.2, 0.25) is 0 Å². The van der Waals surface area contributed by atoms with Gasteiger partial charge in [0.1, 0.15) is 0 Å². The number of benzene rings is 1. The molecular weight excluding hydrogens is 234 g/mol. The zero-order valence-electron chi connectivity index (χ0n) is 10.8. The van der Waals surface area contributed by atoms with Gasteiger partial charge in [-0.15, -0.1) is 11.8 Å². The molecule has 0 fully saturated rings. The molecule has 1 amide bonds. The summed E-state index contributed by atoms with van der Waals surface area (Å²) in [6, 6.07) is 8.27. The normalized spacial score (nSPS) is 10.4. The van der Waals surface area contributed by atoms with Gasteiger partial charge in [0.25, 0.3) is 0 Å². The van der Waals surface area contributed by atoms with Crippen LogP contribution in [-0.2, 0) is 11.3 Å². The van der Waals surface area contributed by atoms with Gasteiger partial charge in [0.2, 0.25) is 0 Å². The van der Waals surface area contributed by atoms with Crippen molar-refractivity contribution in [1.29, 1.82) is 0 Å². The second kappa shape index (κ2) is 6.55. The van der Waals surface area contributed by atoms with Gasteiger partial charge in [0.05, 0.1) is 7.11 Å². The van der Waals surface area contributed by atoms with Gasteiger partial charge in [-0.2, -0.15) is 0 Å². The van der Waals surface area contributed by atoms with Crippen molar-refractivity contribution in [2.45, 2.75) is 30.5 Å². The van der Waals surface area contributed by atoms with E-state index < -0.39 is 0 Å². The average Bonchev–Trinajstić information content (AvgIpc) is 2.30. The number of carbonyl (C=O) groups is 1. The lowest BCUT2D eigenvalue weighted by molar-refractivity contribution is 0.131. The molecule has 3 nitrogen and oxygen atoms in total. The molecule has 1 aromatic rings. The molecule has 0 saturated heterocycles. The smallest absolute Gasteiger partial charge is 0.409 e. The molecule has 17 heavy (non-hydrogen) atoms. The van der Waals surface area contributed by atoms with E-state index in [-0.39, 0.29) is 6.09 Å². The van der Waals surface area contributed by atoms with Crippen LogP contribution in [0.4, 0.5) is 4.79 Å². The molecule has 0 heterocycles. The van der Waals surface area contributed by atoms with E-state index in [9.17, 15) is 4.79 Å². The van der Waals surface area contributed by atoms with Crippen LogP contribution >= 0.6 is 11.8 Å². The van der Waals surface area contributed by atoms with E-state index in [2.05, 4.69) is 30.7 Å². The predicted molar refractivity (Wildman–Crippen MR) is 71.3 cm³/mol. The molecule has 0 aliphatic heterocycles. The second-order valence-corrected chi connectivity index (χ2v) is 5.79. The van der Waals surface area contributed by atoms with Crippen LogP contribution in [0.15, 0.2) is 29.2 Å². The number of ether oxygens (including phenoxy) is 1. The van der Waals surface area contributed by atoms with Crippen LogP contribution < -0.4 is 0 Å². The van der Waals surface area contributed by atoms with Crippen molar-refractivity contribution in [3.05, 3.63) is 29.8 Å². The highest BCUT2D eigenvalue weighted by Gasteiger charge is 2.08. The Balaban J connectivity index is 2.59. The van der Waals surface area contributed by atoms with Crippen LogP contribution in [0, 0.1) is 0 Å². The largest absolute Gasteiger partial charge is 0.453 e. The fourth-order valence-electron chi connectivity index (χ4n) is 1.44. The Morgan fingerprint density at radius 1 is 1.35 bits per heavy atom.